The predicted molar refractivity (Wildman–Crippen MR) is 98.0 cm³/mol. The lowest BCUT2D eigenvalue weighted by molar-refractivity contribution is -0.123. The van der Waals surface area contributed by atoms with Crippen molar-refractivity contribution in [3.05, 3.63) is 54.1 Å². The summed E-state index contributed by atoms with van der Waals surface area (Å²) in [6.07, 6.45) is 0. The highest BCUT2D eigenvalue weighted by molar-refractivity contribution is 5.94. The first kappa shape index (κ1) is 16.9. The predicted octanol–water partition coefficient (Wildman–Crippen LogP) is 4.70. The highest BCUT2D eigenvalue weighted by Gasteiger charge is 2.21. The molecule has 0 fully saturated rings. The van der Waals surface area contributed by atoms with Gasteiger partial charge in [-0.3, -0.25) is 4.79 Å². The quantitative estimate of drug-likeness (QED) is 0.753. The Kier molecular flexibility index (Phi) is 4.40. The zero-order valence-electron chi connectivity index (χ0n) is 14.8. The summed E-state index contributed by atoms with van der Waals surface area (Å²) >= 11 is 0. The third kappa shape index (κ3) is 3.94. The number of nitrogens with zero attached hydrogens (tertiary/aromatic N) is 2. The monoisotopic (exact) mass is 335 g/mol. The standard InChI is InChI=1S/C20H21N3O2/c1-13-7-5-8-14(11-13)17-22-23-18(25-17)15-9-6-10-16(12-15)21-19(24)20(2,3)4/h5-12H,1-4H3,(H,21,24). The van der Waals surface area contributed by atoms with Crippen molar-refractivity contribution < 1.29 is 9.21 Å². The lowest BCUT2D eigenvalue weighted by Gasteiger charge is -2.17. The molecular weight excluding hydrogens is 314 g/mol. The van der Waals surface area contributed by atoms with Gasteiger partial charge >= 0.3 is 0 Å². The number of aryl methyl sites for hydroxylation is 1. The maximum absolute atomic E-state index is 12.1. The van der Waals surface area contributed by atoms with Crippen LogP contribution in [-0.4, -0.2) is 16.1 Å². The summed E-state index contributed by atoms with van der Waals surface area (Å²) in [4.78, 5) is 12.1. The summed E-state index contributed by atoms with van der Waals surface area (Å²) in [5.41, 5.74) is 3.02. The van der Waals surface area contributed by atoms with Gasteiger partial charge in [0.15, 0.2) is 0 Å². The fraction of sp³-hybridized carbons (Fsp3) is 0.250. The van der Waals surface area contributed by atoms with Crippen LogP contribution in [0, 0.1) is 12.3 Å². The first-order chi connectivity index (χ1) is 11.8. The first-order valence-electron chi connectivity index (χ1n) is 8.15. The maximum Gasteiger partial charge on any atom is 0.248 e. The van der Waals surface area contributed by atoms with Crippen LogP contribution < -0.4 is 5.32 Å². The molecule has 3 rings (SSSR count). The Morgan fingerprint density at radius 1 is 0.960 bits per heavy atom. The molecule has 1 amide bonds. The van der Waals surface area contributed by atoms with Crippen LogP contribution in [0.3, 0.4) is 0 Å². The SMILES string of the molecule is Cc1cccc(-c2nnc(-c3cccc(NC(=O)C(C)(C)C)c3)o2)c1. The van der Waals surface area contributed by atoms with Crippen LogP contribution in [0.1, 0.15) is 26.3 Å². The molecule has 1 aromatic heterocycles. The molecule has 5 nitrogen and oxygen atoms in total. The smallest absolute Gasteiger partial charge is 0.248 e. The molecule has 2 aromatic carbocycles. The van der Waals surface area contributed by atoms with Gasteiger partial charge in [-0.1, -0.05) is 44.5 Å². The number of anilines is 1. The number of benzene rings is 2. The zero-order valence-corrected chi connectivity index (χ0v) is 14.8. The van der Waals surface area contributed by atoms with Crippen LogP contribution in [0.5, 0.6) is 0 Å². The molecule has 0 aliphatic carbocycles. The van der Waals surface area contributed by atoms with E-state index in [4.69, 9.17) is 4.42 Å². The van der Waals surface area contributed by atoms with Crippen LogP contribution in [0.4, 0.5) is 5.69 Å². The van der Waals surface area contributed by atoms with E-state index in [0.717, 1.165) is 16.7 Å². The van der Waals surface area contributed by atoms with Crippen LogP contribution in [-0.2, 0) is 4.79 Å². The van der Waals surface area contributed by atoms with Gasteiger partial charge in [-0.05, 0) is 37.3 Å². The van der Waals surface area contributed by atoms with Gasteiger partial charge in [0.25, 0.3) is 0 Å². The number of carbonyl (C=O) groups is 1. The van der Waals surface area contributed by atoms with E-state index in [-0.39, 0.29) is 5.91 Å². The van der Waals surface area contributed by atoms with E-state index in [1.807, 2.05) is 76.2 Å². The van der Waals surface area contributed by atoms with Crippen LogP contribution >= 0.6 is 0 Å². The molecule has 0 saturated carbocycles. The molecule has 0 atom stereocenters. The maximum atomic E-state index is 12.1. The average Bonchev–Trinajstić information content (AvgIpc) is 3.04. The van der Waals surface area contributed by atoms with Gasteiger partial charge in [-0.15, -0.1) is 10.2 Å². The van der Waals surface area contributed by atoms with Gasteiger partial charge in [-0.25, -0.2) is 0 Å². The number of rotatable bonds is 3. The van der Waals surface area contributed by atoms with Gasteiger partial charge in [0, 0.05) is 22.2 Å². The Morgan fingerprint density at radius 3 is 2.16 bits per heavy atom. The fourth-order valence-corrected chi connectivity index (χ4v) is 2.28. The first-order valence-corrected chi connectivity index (χ1v) is 8.15. The van der Waals surface area contributed by atoms with Gasteiger partial charge in [0.2, 0.25) is 17.7 Å². The molecule has 5 heteroatoms. The normalized spacial score (nSPS) is 11.4. The molecule has 128 valence electrons. The second kappa shape index (κ2) is 6.51. The average molecular weight is 335 g/mol. The molecule has 0 unspecified atom stereocenters. The largest absolute Gasteiger partial charge is 0.416 e. The van der Waals surface area contributed by atoms with E-state index in [1.165, 1.54) is 0 Å². The lowest BCUT2D eigenvalue weighted by atomic mass is 9.95. The Morgan fingerprint density at radius 2 is 1.56 bits per heavy atom. The summed E-state index contributed by atoms with van der Waals surface area (Å²) < 4.78 is 5.80. The van der Waals surface area contributed by atoms with E-state index in [0.29, 0.717) is 17.5 Å². The molecular formula is C20H21N3O2. The van der Waals surface area contributed by atoms with E-state index < -0.39 is 5.41 Å². The van der Waals surface area contributed by atoms with Crippen molar-refractivity contribution >= 4 is 11.6 Å². The Hall–Kier alpha value is -2.95. The van der Waals surface area contributed by atoms with Crippen molar-refractivity contribution in [3.8, 4) is 22.9 Å². The number of aromatic nitrogens is 2. The minimum atomic E-state index is -0.459. The van der Waals surface area contributed by atoms with Crippen LogP contribution in [0.2, 0.25) is 0 Å². The van der Waals surface area contributed by atoms with Gasteiger partial charge in [0.05, 0.1) is 0 Å². The molecule has 0 aliphatic heterocycles. The summed E-state index contributed by atoms with van der Waals surface area (Å²) in [5.74, 6) is 0.849. The Labute approximate surface area is 147 Å². The van der Waals surface area contributed by atoms with Crippen LogP contribution in [0.15, 0.2) is 52.9 Å². The topological polar surface area (TPSA) is 68.0 Å². The van der Waals surface area contributed by atoms with E-state index in [1.54, 1.807) is 0 Å². The van der Waals surface area contributed by atoms with Crippen molar-refractivity contribution in [2.24, 2.45) is 5.41 Å². The number of nitrogens with one attached hydrogen (secondary N) is 1. The molecule has 0 saturated heterocycles. The van der Waals surface area contributed by atoms with Gasteiger partial charge in [-0.2, -0.15) is 0 Å². The summed E-state index contributed by atoms with van der Waals surface area (Å²) in [5, 5.41) is 11.2. The minimum absolute atomic E-state index is 0.0457. The number of amides is 1. The third-order valence-corrected chi connectivity index (χ3v) is 3.74. The molecule has 0 spiro atoms. The third-order valence-electron chi connectivity index (χ3n) is 3.74. The second-order valence-corrected chi connectivity index (χ2v) is 7.07. The lowest BCUT2D eigenvalue weighted by Crippen LogP contribution is -2.27. The van der Waals surface area contributed by atoms with Crippen molar-refractivity contribution in [1.82, 2.24) is 10.2 Å². The number of carbonyl (C=O) groups excluding carboxylic acids is 1. The van der Waals surface area contributed by atoms with E-state index in [2.05, 4.69) is 15.5 Å². The minimum Gasteiger partial charge on any atom is -0.416 e. The molecule has 1 N–H and O–H groups in total. The zero-order chi connectivity index (χ0) is 18.0. The second-order valence-electron chi connectivity index (χ2n) is 7.07. The number of hydrogen-bond donors (Lipinski definition) is 1. The van der Waals surface area contributed by atoms with Crippen molar-refractivity contribution in [2.45, 2.75) is 27.7 Å². The summed E-state index contributed by atoms with van der Waals surface area (Å²) in [7, 11) is 0. The molecule has 0 radical (unpaired) electrons. The molecule has 0 aliphatic rings. The fourth-order valence-electron chi connectivity index (χ4n) is 2.28. The molecule has 1 heterocycles. The molecule has 0 bridgehead atoms. The Balaban J connectivity index is 1.86. The van der Waals surface area contributed by atoms with Crippen molar-refractivity contribution in [1.29, 1.82) is 0 Å². The van der Waals surface area contributed by atoms with Gasteiger partial charge in [0.1, 0.15) is 0 Å². The highest BCUT2D eigenvalue weighted by atomic mass is 16.4. The molecule has 25 heavy (non-hydrogen) atoms. The van der Waals surface area contributed by atoms with E-state index >= 15 is 0 Å². The molecule has 3 aromatic rings. The summed E-state index contributed by atoms with van der Waals surface area (Å²) in [6.45, 7) is 7.64. The highest BCUT2D eigenvalue weighted by Crippen LogP contribution is 2.26. The van der Waals surface area contributed by atoms with Crippen molar-refractivity contribution in [2.75, 3.05) is 5.32 Å². The number of hydrogen-bond acceptors (Lipinski definition) is 4. The van der Waals surface area contributed by atoms with E-state index in [9.17, 15) is 4.79 Å². The summed E-state index contributed by atoms with van der Waals surface area (Å²) in [6, 6.07) is 15.3. The van der Waals surface area contributed by atoms with Crippen molar-refractivity contribution in [3.63, 3.8) is 0 Å². The Bertz CT molecular complexity index is 907. The van der Waals surface area contributed by atoms with Gasteiger partial charge < -0.3 is 9.73 Å². The van der Waals surface area contributed by atoms with Crippen LogP contribution in [0.25, 0.3) is 22.9 Å².